The van der Waals surface area contributed by atoms with Gasteiger partial charge in [0.05, 0.1) is 24.6 Å². The van der Waals surface area contributed by atoms with Crippen molar-refractivity contribution in [3.05, 3.63) is 34.9 Å². The van der Waals surface area contributed by atoms with E-state index in [0.717, 1.165) is 31.2 Å². The second-order valence-electron chi connectivity index (χ2n) is 11.5. The predicted octanol–water partition coefficient (Wildman–Crippen LogP) is 5.60. The van der Waals surface area contributed by atoms with Gasteiger partial charge in [0.15, 0.2) is 5.78 Å². The molecule has 7 nitrogen and oxygen atoms in total. The van der Waals surface area contributed by atoms with Crippen LogP contribution in [0.1, 0.15) is 77.2 Å². The normalized spacial score (nSPS) is 19.9. The second kappa shape index (κ2) is 13.8. The Labute approximate surface area is 225 Å². The van der Waals surface area contributed by atoms with E-state index >= 15 is 0 Å². The van der Waals surface area contributed by atoms with Gasteiger partial charge in [-0.05, 0) is 49.3 Å². The minimum Gasteiger partial charge on any atom is -0.449 e. The zero-order valence-corrected chi connectivity index (χ0v) is 22.8. The van der Waals surface area contributed by atoms with Crippen molar-refractivity contribution >= 4 is 29.4 Å². The third kappa shape index (κ3) is 9.66. The van der Waals surface area contributed by atoms with Crippen LogP contribution in [-0.2, 0) is 20.7 Å². The van der Waals surface area contributed by atoms with Crippen molar-refractivity contribution in [2.45, 2.75) is 84.1 Å². The molecular formula is C29H40ClN3O4. The molecule has 1 aromatic carbocycles. The summed E-state index contributed by atoms with van der Waals surface area (Å²) in [5, 5.41) is 15.9. The van der Waals surface area contributed by atoms with Gasteiger partial charge in [0.2, 0.25) is 5.91 Å². The minimum absolute atomic E-state index is 0.0260. The van der Waals surface area contributed by atoms with Crippen molar-refractivity contribution < 1.29 is 19.1 Å². The number of halogens is 1. The van der Waals surface area contributed by atoms with E-state index in [-0.39, 0.29) is 36.1 Å². The Bertz CT molecular complexity index is 984. The third-order valence-corrected chi connectivity index (χ3v) is 7.74. The number of nitriles is 1. The molecule has 1 saturated heterocycles. The lowest BCUT2D eigenvalue weighted by Gasteiger charge is -2.28. The highest BCUT2D eigenvalue weighted by molar-refractivity contribution is 6.30. The molecule has 2 N–H and O–H groups in total. The smallest absolute Gasteiger partial charge is 0.407 e. The zero-order chi connectivity index (χ0) is 26.8. The van der Waals surface area contributed by atoms with E-state index in [1.165, 1.54) is 6.42 Å². The Morgan fingerprint density at radius 1 is 1.22 bits per heavy atom. The summed E-state index contributed by atoms with van der Waals surface area (Å²) in [4.78, 5) is 38.1. The minimum atomic E-state index is -0.695. The summed E-state index contributed by atoms with van der Waals surface area (Å²) in [6.45, 7) is 4.83. The summed E-state index contributed by atoms with van der Waals surface area (Å²) in [5.41, 5.74) is 0.740. The third-order valence-electron chi connectivity index (χ3n) is 7.50. The van der Waals surface area contributed by atoms with Crippen molar-refractivity contribution in [1.29, 1.82) is 5.26 Å². The summed E-state index contributed by atoms with van der Waals surface area (Å²) in [6.07, 6.45) is 7.25. The molecule has 1 unspecified atom stereocenters. The molecule has 0 radical (unpaired) electrons. The van der Waals surface area contributed by atoms with E-state index in [4.69, 9.17) is 16.3 Å². The van der Waals surface area contributed by atoms with Gasteiger partial charge in [-0.25, -0.2) is 4.79 Å². The van der Waals surface area contributed by atoms with Gasteiger partial charge in [-0.15, -0.1) is 0 Å². The molecule has 202 valence electrons. The molecule has 1 heterocycles. The van der Waals surface area contributed by atoms with Crippen LogP contribution in [0.4, 0.5) is 4.79 Å². The molecule has 0 aromatic heterocycles. The first-order chi connectivity index (χ1) is 17.6. The monoisotopic (exact) mass is 529 g/mol. The van der Waals surface area contributed by atoms with E-state index in [1.54, 1.807) is 0 Å². The lowest BCUT2D eigenvalue weighted by molar-refractivity contribution is -0.124. The number of rotatable bonds is 12. The lowest BCUT2D eigenvalue weighted by atomic mass is 9.82. The highest BCUT2D eigenvalue weighted by Gasteiger charge is 2.32. The van der Waals surface area contributed by atoms with Crippen LogP contribution in [0.25, 0.3) is 0 Å². The SMILES string of the molecule is CC(C)(COC(=O)N[C@@H](CC1CCCCC1)C(=O)C[C@H](C#N)CC1CCNC1=O)Cc1cccc(Cl)c1. The Hall–Kier alpha value is -2.59. The van der Waals surface area contributed by atoms with Gasteiger partial charge < -0.3 is 15.4 Å². The number of carbonyl (C=O) groups excluding carboxylic acids is 3. The van der Waals surface area contributed by atoms with E-state index in [9.17, 15) is 19.6 Å². The number of Topliss-reactive ketones (excluding diaryl/α,β-unsaturated/α-hetero) is 1. The van der Waals surface area contributed by atoms with Gasteiger partial charge in [0, 0.05) is 29.3 Å². The molecule has 2 aliphatic rings. The fraction of sp³-hybridized carbons (Fsp3) is 0.655. The maximum Gasteiger partial charge on any atom is 0.407 e. The topological polar surface area (TPSA) is 108 Å². The average molecular weight is 530 g/mol. The van der Waals surface area contributed by atoms with Gasteiger partial charge in [-0.3, -0.25) is 9.59 Å². The molecule has 0 bridgehead atoms. The lowest BCUT2D eigenvalue weighted by Crippen LogP contribution is -2.44. The fourth-order valence-corrected chi connectivity index (χ4v) is 5.72. The van der Waals surface area contributed by atoms with Crippen molar-refractivity contribution in [3.63, 3.8) is 0 Å². The number of hydrogen-bond donors (Lipinski definition) is 2. The summed E-state index contributed by atoms with van der Waals surface area (Å²) in [6, 6.07) is 9.14. The molecule has 3 atom stereocenters. The molecule has 1 aliphatic carbocycles. The molecule has 2 amide bonds. The van der Waals surface area contributed by atoms with Crippen molar-refractivity contribution in [2.75, 3.05) is 13.2 Å². The number of ketones is 1. The Morgan fingerprint density at radius 2 is 1.97 bits per heavy atom. The summed E-state index contributed by atoms with van der Waals surface area (Å²) in [7, 11) is 0. The van der Waals surface area contributed by atoms with Crippen molar-refractivity contribution in [2.24, 2.45) is 23.2 Å². The molecule has 1 aliphatic heterocycles. The summed E-state index contributed by atoms with van der Waals surface area (Å²) < 4.78 is 5.58. The van der Waals surface area contributed by atoms with Crippen LogP contribution in [0.15, 0.2) is 24.3 Å². The molecule has 8 heteroatoms. The maximum atomic E-state index is 13.3. The quantitative estimate of drug-likeness (QED) is 0.366. The van der Waals surface area contributed by atoms with Crippen LogP contribution in [0.2, 0.25) is 5.02 Å². The average Bonchev–Trinajstić information content (AvgIpc) is 3.26. The van der Waals surface area contributed by atoms with E-state index in [1.807, 2.05) is 38.1 Å². The van der Waals surface area contributed by atoms with Gasteiger partial charge in [-0.1, -0.05) is 69.7 Å². The van der Waals surface area contributed by atoms with Crippen LogP contribution in [0, 0.1) is 34.5 Å². The Kier molecular flexibility index (Phi) is 10.8. The van der Waals surface area contributed by atoms with Gasteiger partial charge in [0.25, 0.3) is 0 Å². The maximum absolute atomic E-state index is 13.3. The van der Waals surface area contributed by atoms with Crippen LogP contribution >= 0.6 is 11.6 Å². The number of carbonyl (C=O) groups is 3. The Morgan fingerprint density at radius 3 is 2.62 bits per heavy atom. The fourth-order valence-electron chi connectivity index (χ4n) is 5.50. The molecule has 3 rings (SSSR count). The largest absolute Gasteiger partial charge is 0.449 e. The second-order valence-corrected chi connectivity index (χ2v) is 11.9. The first-order valence-electron chi connectivity index (χ1n) is 13.5. The number of alkyl carbamates (subject to hydrolysis) is 1. The molecule has 1 saturated carbocycles. The Balaban J connectivity index is 1.58. The number of benzene rings is 1. The van der Waals surface area contributed by atoms with E-state index in [2.05, 4.69) is 16.7 Å². The van der Waals surface area contributed by atoms with Crippen molar-refractivity contribution in [3.8, 4) is 6.07 Å². The van der Waals surface area contributed by atoms with E-state index in [0.29, 0.717) is 43.2 Å². The molecule has 1 aromatic rings. The summed E-state index contributed by atoms with van der Waals surface area (Å²) >= 11 is 6.10. The first kappa shape index (κ1) is 29.0. The van der Waals surface area contributed by atoms with Gasteiger partial charge in [0.1, 0.15) is 0 Å². The number of nitrogens with one attached hydrogen (secondary N) is 2. The number of nitrogens with zero attached hydrogens (tertiary/aromatic N) is 1. The highest BCUT2D eigenvalue weighted by atomic mass is 35.5. The van der Waals surface area contributed by atoms with Gasteiger partial charge in [-0.2, -0.15) is 5.26 Å². The first-order valence-corrected chi connectivity index (χ1v) is 13.9. The predicted molar refractivity (Wildman–Crippen MR) is 143 cm³/mol. The van der Waals surface area contributed by atoms with Crippen LogP contribution in [-0.4, -0.2) is 37.0 Å². The number of hydrogen-bond acceptors (Lipinski definition) is 5. The molecule has 37 heavy (non-hydrogen) atoms. The van der Waals surface area contributed by atoms with E-state index < -0.39 is 18.1 Å². The highest BCUT2D eigenvalue weighted by Crippen LogP contribution is 2.29. The molecular weight excluding hydrogens is 490 g/mol. The zero-order valence-electron chi connectivity index (χ0n) is 22.1. The molecule has 0 spiro atoms. The van der Waals surface area contributed by atoms with Crippen LogP contribution in [0.3, 0.4) is 0 Å². The number of ether oxygens (including phenoxy) is 1. The number of amides is 2. The summed E-state index contributed by atoms with van der Waals surface area (Å²) in [5.74, 6) is -0.624. The standard InChI is InChI=1S/C29H40ClN3O4/c1-29(2,17-21-9-6-10-24(30)14-21)19-37-28(36)33-25(15-20-7-4-3-5-8-20)26(34)16-22(18-31)13-23-11-12-32-27(23)35/h6,9-10,14,20,22-23,25H,3-5,7-8,11-13,15-17,19H2,1-2H3,(H,32,35)(H,33,36)/t22-,23?,25+/m1/s1. The van der Waals surface area contributed by atoms with Crippen molar-refractivity contribution in [1.82, 2.24) is 10.6 Å². The molecule has 2 fully saturated rings. The van der Waals surface area contributed by atoms with Crippen LogP contribution in [0.5, 0.6) is 0 Å². The van der Waals surface area contributed by atoms with Gasteiger partial charge >= 0.3 is 6.09 Å². The van der Waals surface area contributed by atoms with Crippen LogP contribution < -0.4 is 10.6 Å².